The number of nitrogens with one attached hydrogen (secondary N) is 1. The number of ether oxygens (including phenoxy) is 1. The number of hydrogen-bond acceptors (Lipinski definition) is 5. The summed E-state index contributed by atoms with van der Waals surface area (Å²) in [6.07, 6.45) is 1.39. The first-order valence-electron chi connectivity index (χ1n) is 8.38. The molecule has 1 aromatic heterocycles. The van der Waals surface area contributed by atoms with Crippen LogP contribution in [0.25, 0.3) is 0 Å². The highest BCUT2D eigenvalue weighted by molar-refractivity contribution is 7.12. The van der Waals surface area contributed by atoms with Gasteiger partial charge in [0.15, 0.2) is 6.61 Å². The molecule has 0 spiro atoms. The van der Waals surface area contributed by atoms with Crippen molar-refractivity contribution in [3.8, 4) is 0 Å². The molecule has 0 aliphatic carbocycles. The molecule has 26 heavy (non-hydrogen) atoms. The van der Waals surface area contributed by atoms with Gasteiger partial charge in [-0.1, -0.05) is 6.07 Å². The van der Waals surface area contributed by atoms with E-state index in [-0.39, 0.29) is 12.5 Å². The van der Waals surface area contributed by atoms with E-state index in [2.05, 4.69) is 5.32 Å². The Morgan fingerprint density at radius 2 is 2.08 bits per heavy atom. The van der Waals surface area contributed by atoms with E-state index in [0.717, 1.165) is 21.9 Å². The molecule has 6 nitrogen and oxygen atoms in total. The second kappa shape index (κ2) is 7.70. The summed E-state index contributed by atoms with van der Waals surface area (Å²) in [5.41, 5.74) is 1.81. The minimum atomic E-state index is -0.501. The zero-order valence-electron chi connectivity index (χ0n) is 14.7. The number of rotatable bonds is 5. The van der Waals surface area contributed by atoms with Gasteiger partial charge in [0.1, 0.15) is 0 Å². The Bertz CT molecular complexity index is 859. The average molecular weight is 372 g/mol. The fourth-order valence-electron chi connectivity index (χ4n) is 2.91. The van der Waals surface area contributed by atoms with E-state index in [0.29, 0.717) is 24.2 Å². The number of esters is 1. The van der Waals surface area contributed by atoms with Gasteiger partial charge >= 0.3 is 5.97 Å². The van der Waals surface area contributed by atoms with Gasteiger partial charge in [0, 0.05) is 34.1 Å². The predicted molar refractivity (Wildman–Crippen MR) is 101 cm³/mol. The summed E-state index contributed by atoms with van der Waals surface area (Å²) in [5.74, 6) is -0.838. The van der Waals surface area contributed by atoms with Crippen LogP contribution in [0.5, 0.6) is 0 Å². The number of carbonyl (C=O) groups excluding carboxylic acids is 3. The maximum atomic E-state index is 12.1. The van der Waals surface area contributed by atoms with E-state index in [1.54, 1.807) is 29.2 Å². The lowest BCUT2D eigenvalue weighted by Crippen LogP contribution is -2.24. The van der Waals surface area contributed by atoms with Crippen molar-refractivity contribution in [3.63, 3.8) is 0 Å². The van der Waals surface area contributed by atoms with Crippen LogP contribution in [0.1, 0.15) is 33.0 Å². The molecule has 1 aromatic carbocycles. The molecule has 136 valence electrons. The highest BCUT2D eigenvalue weighted by atomic mass is 32.1. The van der Waals surface area contributed by atoms with E-state index in [9.17, 15) is 14.4 Å². The van der Waals surface area contributed by atoms with Crippen LogP contribution in [0.4, 0.5) is 11.4 Å². The number of benzene rings is 1. The summed E-state index contributed by atoms with van der Waals surface area (Å²) in [4.78, 5) is 39.6. The molecular weight excluding hydrogens is 352 g/mol. The van der Waals surface area contributed by atoms with Crippen molar-refractivity contribution < 1.29 is 19.1 Å². The molecule has 1 aliphatic heterocycles. The van der Waals surface area contributed by atoms with Crippen molar-refractivity contribution >= 4 is 40.5 Å². The van der Waals surface area contributed by atoms with Gasteiger partial charge in [0.2, 0.25) is 5.91 Å². The zero-order valence-corrected chi connectivity index (χ0v) is 15.5. The molecule has 0 bridgehead atoms. The van der Waals surface area contributed by atoms with E-state index < -0.39 is 11.9 Å². The highest BCUT2D eigenvalue weighted by Gasteiger charge is 2.22. The first-order valence-corrected chi connectivity index (χ1v) is 9.20. The molecule has 1 fully saturated rings. The fourth-order valence-corrected chi connectivity index (χ4v) is 3.82. The number of hydrogen-bond donors (Lipinski definition) is 1. The smallest absolute Gasteiger partial charge is 0.339 e. The molecule has 2 aromatic rings. The first-order chi connectivity index (χ1) is 12.4. The molecule has 1 aliphatic rings. The van der Waals surface area contributed by atoms with Crippen LogP contribution in [0.15, 0.2) is 30.3 Å². The van der Waals surface area contributed by atoms with Crippen LogP contribution in [0.2, 0.25) is 0 Å². The molecule has 0 saturated carbocycles. The fraction of sp³-hybridized carbons (Fsp3) is 0.316. The van der Waals surface area contributed by atoms with E-state index in [1.165, 1.54) is 11.3 Å². The summed E-state index contributed by atoms with van der Waals surface area (Å²) in [6, 6.07) is 8.85. The highest BCUT2D eigenvalue weighted by Crippen LogP contribution is 2.24. The minimum absolute atomic E-state index is 0.0869. The molecular formula is C19H20N2O4S. The predicted octanol–water partition coefficient (Wildman–Crippen LogP) is 3.29. The van der Waals surface area contributed by atoms with Gasteiger partial charge in [-0.15, -0.1) is 11.3 Å². The maximum absolute atomic E-state index is 12.1. The molecule has 0 atom stereocenters. The van der Waals surface area contributed by atoms with Gasteiger partial charge in [0.05, 0.1) is 5.56 Å². The van der Waals surface area contributed by atoms with Crippen LogP contribution in [-0.2, 0) is 14.3 Å². The minimum Gasteiger partial charge on any atom is -0.452 e. The van der Waals surface area contributed by atoms with Crippen molar-refractivity contribution in [2.24, 2.45) is 0 Å². The Hall–Kier alpha value is -2.67. The second-order valence-electron chi connectivity index (χ2n) is 6.15. The van der Waals surface area contributed by atoms with Gasteiger partial charge in [-0.2, -0.15) is 0 Å². The summed E-state index contributed by atoms with van der Waals surface area (Å²) >= 11 is 1.51. The normalized spacial score (nSPS) is 13.8. The second-order valence-corrected chi connectivity index (χ2v) is 7.61. The number of nitrogens with zero attached hydrogens (tertiary/aromatic N) is 1. The summed E-state index contributed by atoms with van der Waals surface area (Å²) in [5, 5.41) is 2.70. The van der Waals surface area contributed by atoms with Gasteiger partial charge < -0.3 is 15.0 Å². The van der Waals surface area contributed by atoms with Crippen LogP contribution >= 0.6 is 11.3 Å². The molecule has 7 heteroatoms. The molecule has 1 saturated heterocycles. The Morgan fingerprint density at radius 3 is 2.73 bits per heavy atom. The summed E-state index contributed by atoms with van der Waals surface area (Å²) in [7, 11) is 0. The van der Waals surface area contributed by atoms with Gasteiger partial charge in [-0.25, -0.2) is 4.79 Å². The first kappa shape index (κ1) is 18.1. The van der Waals surface area contributed by atoms with Crippen LogP contribution in [0.3, 0.4) is 0 Å². The summed E-state index contributed by atoms with van der Waals surface area (Å²) < 4.78 is 5.09. The van der Waals surface area contributed by atoms with Crippen molar-refractivity contribution in [1.29, 1.82) is 0 Å². The number of amides is 2. The zero-order chi connectivity index (χ0) is 18.7. The van der Waals surface area contributed by atoms with Gasteiger partial charge in [-0.05, 0) is 44.5 Å². The lowest BCUT2D eigenvalue weighted by molar-refractivity contribution is -0.119. The number of anilines is 2. The maximum Gasteiger partial charge on any atom is 0.339 e. The lowest BCUT2D eigenvalue weighted by Gasteiger charge is -2.16. The molecule has 1 N–H and O–H groups in total. The number of thiophene rings is 1. The largest absolute Gasteiger partial charge is 0.452 e. The van der Waals surface area contributed by atoms with Crippen LogP contribution < -0.4 is 10.2 Å². The van der Waals surface area contributed by atoms with Crippen molar-refractivity contribution in [2.45, 2.75) is 26.7 Å². The van der Waals surface area contributed by atoms with Crippen molar-refractivity contribution in [3.05, 3.63) is 45.6 Å². The van der Waals surface area contributed by atoms with Crippen LogP contribution in [0, 0.1) is 13.8 Å². The molecule has 0 radical (unpaired) electrons. The van der Waals surface area contributed by atoms with E-state index in [4.69, 9.17) is 4.74 Å². The standard InChI is InChI=1S/C19H20N2O4S/c1-12-9-16(13(2)26-12)19(24)25-11-17(22)20-14-5-3-6-15(10-14)21-8-4-7-18(21)23/h3,5-6,9-10H,4,7-8,11H2,1-2H3,(H,20,22). The molecule has 2 heterocycles. The quantitative estimate of drug-likeness (QED) is 0.817. The van der Waals surface area contributed by atoms with Crippen molar-refractivity contribution in [1.82, 2.24) is 0 Å². The average Bonchev–Trinajstić information content (AvgIpc) is 3.18. The third-order valence-electron chi connectivity index (χ3n) is 4.11. The molecule has 3 rings (SSSR count). The lowest BCUT2D eigenvalue weighted by atomic mass is 10.2. The Morgan fingerprint density at radius 1 is 1.27 bits per heavy atom. The van der Waals surface area contributed by atoms with E-state index in [1.807, 2.05) is 19.9 Å². The SMILES string of the molecule is Cc1cc(C(=O)OCC(=O)Nc2cccc(N3CCCC3=O)c2)c(C)s1. The third kappa shape index (κ3) is 4.11. The summed E-state index contributed by atoms with van der Waals surface area (Å²) in [6.45, 7) is 4.09. The van der Waals surface area contributed by atoms with Gasteiger partial charge in [-0.3, -0.25) is 9.59 Å². The molecule has 2 amide bonds. The number of carbonyl (C=O) groups is 3. The topological polar surface area (TPSA) is 75.7 Å². The van der Waals surface area contributed by atoms with Crippen LogP contribution in [-0.4, -0.2) is 30.9 Å². The van der Waals surface area contributed by atoms with E-state index >= 15 is 0 Å². The number of aryl methyl sites for hydroxylation is 2. The van der Waals surface area contributed by atoms with Crippen molar-refractivity contribution in [2.75, 3.05) is 23.4 Å². The third-order valence-corrected chi connectivity index (χ3v) is 5.08. The Labute approximate surface area is 155 Å². The van der Waals surface area contributed by atoms with Gasteiger partial charge in [0.25, 0.3) is 5.91 Å². The Kier molecular flexibility index (Phi) is 5.37. The monoisotopic (exact) mass is 372 g/mol. The Balaban J connectivity index is 1.57. The molecule has 0 unspecified atom stereocenters.